The molecule has 0 radical (unpaired) electrons. The first-order valence-electron chi connectivity index (χ1n) is 8.74. The van der Waals surface area contributed by atoms with Crippen LogP contribution >= 0.6 is 0 Å². The Bertz CT molecular complexity index is 404. The lowest BCUT2D eigenvalue weighted by Crippen LogP contribution is -2.18. The van der Waals surface area contributed by atoms with Gasteiger partial charge in [0.2, 0.25) is 0 Å². The minimum atomic E-state index is -0.747. The predicted octanol–water partition coefficient (Wildman–Crippen LogP) is 2.69. The van der Waals surface area contributed by atoms with Gasteiger partial charge in [-0.15, -0.1) is 0 Å². The predicted molar refractivity (Wildman–Crippen MR) is 88.0 cm³/mol. The number of aliphatic hydroxyl groups excluding tert-OH is 2. The molecule has 0 spiro atoms. The van der Waals surface area contributed by atoms with E-state index >= 15 is 0 Å². The lowest BCUT2D eigenvalue weighted by Gasteiger charge is -2.16. The molecule has 1 aliphatic carbocycles. The fourth-order valence-corrected chi connectivity index (χ4v) is 3.25. The largest absolute Gasteiger partial charge is 0.481 e. The Hall–Kier alpha value is -1.20. The van der Waals surface area contributed by atoms with Gasteiger partial charge in [-0.3, -0.25) is 9.59 Å². The van der Waals surface area contributed by atoms with Crippen LogP contribution in [0.2, 0.25) is 0 Å². The minimum Gasteiger partial charge on any atom is -0.481 e. The van der Waals surface area contributed by atoms with Crippen molar-refractivity contribution in [1.29, 1.82) is 0 Å². The zero-order valence-corrected chi connectivity index (χ0v) is 14.0. The molecule has 0 bridgehead atoms. The van der Waals surface area contributed by atoms with Crippen LogP contribution in [0, 0.1) is 11.8 Å². The second-order valence-corrected chi connectivity index (χ2v) is 6.48. The molecule has 23 heavy (non-hydrogen) atoms. The Morgan fingerprint density at radius 3 is 2.57 bits per heavy atom. The van der Waals surface area contributed by atoms with E-state index in [0.29, 0.717) is 12.8 Å². The van der Waals surface area contributed by atoms with Gasteiger partial charge in [-0.05, 0) is 19.3 Å². The molecule has 1 fully saturated rings. The maximum atomic E-state index is 11.7. The van der Waals surface area contributed by atoms with Crippen LogP contribution in [0.25, 0.3) is 0 Å². The van der Waals surface area contributed by atoms with Crippen molar-refractivity contribution in [3.8, 4) is 0 Å². The molecule has 0 aromatic heterocycles. The summed E-state index contributed by atoms with van der Waals surface area (Å²) in [4.78, 5) is 22.1. The van der Waals surface area contributed by atoms with Crippen molar-refractivity contribution < 1.29 is 24.9 Å². The zero-order valence-electron chi connectivity index (χ0n) is 14.0. The number of hydrogen-bond acceptors (Lipinski definition) is 4. The van der Waals surface area contributed by atoms with Crippen molar-refractivity contribution >= 4 is 11.8 Å². The number of unbranched alkanes of at least 4 members (excludes halogenated alkanes) is 4. The monoisotopic (exact) mass is 326 g/mol. The highest BCUT2D eigenvalue weighted by Gasteiger charge is 2.38. The van der Waals surface area contributed by atoms with Gasteiger partial charge in [-0.25, -0.2) is 0 Å². The van der Waals surface area contributed by atoms with Gasteiger partial charge in [-0.1, -0.05) is 44.8 Å². The first-order valence-corrected chi connectivity index (χ1v) is 8.74. The fraction of sp³-hybridized carbons (Fsp3) is 0.778. The summed E-state index contributed by atoms with van der Waals surface area (Å²) < 4.78 is 0. The van der Waals surface area contributed by atoms with Crippen LogP contribution in [-0.2, 0) is 9.59 Å². The van der Waals surface area contributed by atoms with Crippen LogP contribution in [-0.4, -0.2) is 39.3 Å². The number of hydrogen-bond donors (Lipinski definition) is 3. The van der Waals surface area contributed by atoms with Crippen LogP contribution < -0.4 is 0 Å². The van der Waals surface area contributed by atoms with Gasteiger partial charge in [0.25, 0.3) is 0 Å². The summed E-state index contributed by atoms with van der Waals surface area (Å²) in [7, 11) is 0. The topological polar surface area (TPSA) is 94.8 Å². The first kappa shape index (κ1) is 19.8. The highest BCUT2D eigenvalue weighted by atomic mass is 16.4. The van der Waals surface area contributed by atoms with Crippen LogP contribution in [0.5, 0.6) is 0 Å². The third kappa shape index (κ3) is 7.27. The van der Waals surface area contributed by atoms with Crippen molar-refractivity contribution in [2.45, 2.75) is 76.9 Å². The maximum Gasteiger partial charge on any atom is 0.303 e. The van der Waals surface area contributed by atoms with Crippen molar-refractivity contribution in [3.63, 3.8) is 0 Å². The Morgan fingerprint density at radius 1 is 1.26 bits per heavy atom. The Kier molecular flexibility index (Phi) is 9.10. The number of aliphatic hydroxyl groups is 2. The maximum absolute atomic E-state index is 11.7. The molecule has 0 unspecified atom stereocenters. The number of carbonyl (C=O) groups excluding carboxylic acids is 1. The smallest absolute Gasteiger partial charge is 0.303 e. The molecule has 1 aliphatic rings. The van der Waals surface area contributed by atoms with Gasteiger partial charge in [0.1, 0.15) is 5.78 Å². The Labute approximate surface area is 138 Å². The summed E-state index contributed by atoms with van der Waals surface area (Å²) in [5, 5.41) is 28.4. The third-order valence-corrected chi connectivity index (χ3v) is 4.62. The van der Waals surface area contributed by atoms with Crippen LogP contribution in [0.15, 0.2) is 12.2 Å². The normalized spacial score (nSPS) is 26.0. The van der Waals surface area contributed by atoms with Crippen LogP contribution in [0.3, 0.4) is 0 Å². The fourth-order valence-electron chi connectivity index (χ4n) is 3.25. The quantitative estimate of drug-likeness (QED) is 0.401. The molecular weight excluding hydrogens is 296 g/mol. The van der Waals surface area contributed by atoms with Crippen molar-refractivity contribution in [1.82, 2.24) is 0 Å². The average Bonchev–Trinajstić information content (AvgIpc) is 2.76. The Morgan fingerprint density at radius 2 is 1.91 bits per heavy atom. The molecule has 0 saturated heterocycles. The van der Waals surface area contributed by atoms with Crippen LogP contribution in [0.4, 0.5) is 0 Å². The molecule has 4 atom stereocenters. The molecule has 5 heteroatoms. The Balaban J connectivity index is 2.19. The summed E-state index contributed by atoms with van der Waals surface area (Å²) in [6.07, 6.45) is 8.65. The van der Waals surface area contributed by atoms with E-state index in [0.717, 1.165) is 32.1 Å². The number of Topliss-reactive ketones (excluding diaryl/α,β-unsaturated/α-hetero) is 1. The number of aliphatic carboxylic acids is 1. The molecule has 3 N–H and O–H groups in total. The number of rotatable bonds is 11. The summed E-state index contributed by atoms with van der Waals surface area (Å²) in [5.74, 6) is -0.921. The first-order chi connectivity index (χ1) is 11.0. The molecule has 5 nitrogen and oxygen atoms in total. The highest BCUT2D eigenvalue weighted by Crippen LogP contribution is 2.32. The summed E-state index contributed by atoms with van der Waals surface area (Å²) >= 11 is 0. The van der Waals surface area contributed by atoms with E-state index in [-0.39, 0.29) is 30.5 Å². The molecule has 0 aromatic rings. The summed E-state index contributed by atoms with van der Waals surface area (Å²) in [6, 6.07) is 0. The molecule has 1 saturated carbocycles. The van der Waals surface area contributed by atoms with Gasteiger partial charge in [0.15, 0.2) is 0 Å². The third-order valence-electron chi connectivity index (χ3n) is 4.62. The number of carboxylic acid groups (broad SMARTS) is 1. The molecule has 0 heterocycles. The molecule has 1 rings (SSSR count). The SMILES string of the molecule is CC[C@@H]1C(=O)C[C@@H](O)[C@@H]1/C=C/[C@H](O)CCCCCCCC(=O)O. The summed E-state index contributed by atoms with van der Waals surface area (Å²) in [5.41, 5.74) is 0. The van der Waals surface area contributed by atoms with E-state index < -0.39 is 18.2 Å². The van der Waals surface area contributed by atoms with E-state index in [1.165, 1.54) is 0 Å². The number of carbonyl (C=O) groups is 2. The summed E-state index contributed by atoms with van der Waals surface area (Å²) in [6.45, 7) is 1.95. The number of ketones is 1. The molecular formula is C18H30O5. The molecule has 132 valence electrons. The standard InChI is InChI=1S/C18H30O5/c1-2-14-15(17(21)12-16(14)20)11-10-13(19)8-6-4-3-5-7-9-18(22)23/h10-11,13-15,17,19,21H,2-9,12H2,1H3,(H,22,23)/b11-10+/t13-,14+,15-,17-/m1/s1. The van der Waals surface area contributed by atoms with Crippen molar-refractivity contribution in [3.05, 3.63) is 12.2 Å². The van der Waals surface area contributed by atoms with E-state index in [9.17, 15) is 19.8 Å². The lowest BCUT2D eigenvalue weighted by atomic mass is 9.91. The lowest BCUT2D eigenvalue weighted by molar-refractivity contribution is -0.137. The molecule has 0 amide bonds. The van der Waals surface area contributed by atoms with E-state index in [2.05, 4.69) is 0 Å². The van der Waals surface area contributed by atoms with Gasteiger partial charge in [0, 0.05) is 24.7 Å². The highest BCUT2D eigenvalue weighted by molar-refractivity contribution is 5.84. The van der Waals surface area contributed by atoms with Gasteiger partial charge < -0.3 is 15.3 Å². The number of carboxylic acids is 1. The van der Waals surface area contributed by atoms with Crippen molar-refractivity contribution in [2.24, 2.45) is 11.8 Å². The van der Waals surface area contributed by atoms with E-state index in [1.54, 1.807) is 12.2 Å². The van der Waals surface area contributed by atoms with Gasteiger partial charge in [-0.2, -0.15) is 0 Å². The van der Waals surface area contributed by atoms with E-state index in [4.69, 9.17) is 5.11 Å². The van der Waals surface area contributed by atoms with Crippen LogP contribution in [0.1, 0.15) is 64.7 Å². The zero-order chi connectivity index (χ0) is 17.2. The molecule has 0 aromatic carbocycles. The average molecular weight is 326 g/mol. The second kappa shape index (κ2) is 10.6. The van der Waals surface area contributed by atoms with Gasteiger partial charge >= 0.3 is 5.97 Å². The second-order valence-electron chi connectivity index (χ2n) is 6.48. The van der Waals surface area contributed by atoms with Gasteiger partial charge in [0.05, 0.1) is 12.2 Å². The minimum absolute atomic E-state index is 0.116. The van der Waals surface area contributed by atoms with Crippen molar-refractivity contribution in [2.75, 3.05) is 0 Å². The van der Waals surface area contributed by atoms with E-state index in [1.807, 2.05) is 6.92 Å². The molecule has 0 aliphatic heterocycles.